The Morgan fingerprint density at radius 1 is 1.19 bits per heavy atom. The van der Waals surface area contributed by atoms with Crippen LogP contribution in [0, 0.1) is 17.1 Å². The summed E-state index contributed by atoms with van der Waals surface area (Å²) in [6.45, 7) is 2.02. The van der Waals surface area contributed by atoms with Gasteiger partial charge in [0.25, 0.3) is 0 Å². The topological polar surface area (TPSA) is 36.3 Å². The summed E-state index contributed by atoms with van der Waals surface area (Å²) in [4.78, 5) is 2.11. The van der Waals surface area contributed by atoms with Crippen LogP contribution in [0.1, 0.15) is 11.1 Å². The molecular formula is C17H17FN2O. The van der Waals surface area contributed by atoms with Crippen LogP contribution in [0.4, 0.5) is 4.39 Å². The lowest BCUT2D eigenvalue weighted by molar-refractivity contribution is 0.232. The third-order valence-electron chi connectivity index (χ3n) is 3.06. The predicted molar refractivity (Wildman–Crippen MR) is 79.4 cm³/mol. The molecule has 21 heavy (non-hydrogen) atoms. The second-order valence-electron chi connectivity index (χ2n) is 4.85. The van der Waals surface area contributed by atoms with Crippen LogP contribution < -0.4 is 4.74 Å². The molecule has 2 rings (SSSR count). The van der Waals surface area contributed by atoms with Crippen molar-refractivity contribution in [1.82, 2.24) is 4.90 Å². The number of hydrogen-bond acceptors (Lipinski definition) is 3. The molecule has 4 heteroatoms. The summed E-state index contributed by atoms with van der Waals surface area (Å²) < 4.78 is 18.3. The Hall–Kier alpha value is -2.38. The van der Waals surface area contributed by atoms with Crippen molar-refractivity contribution in [2.45, 2.75) is 6.54 Å². The average Bonchev–Trinajstić information content (AvgIpc) is 2.49. The first-order valence-electron chi connectivity index (χ1n) is 6.73. The van der Waals surface area contributed by atoms with Crippen molar-refractivity contribution in [2.24, 2.45) is 0 Å². The molecular weight excluding hydrogens is 267 g/mol. The van der Waals surface area contributed by atoms with E-state index in [0.29, 0.717) is 17.9 Å². The van der Waals surface area contributed by atoms with Crippen LogP contribution in [0.5, 0.6) is 5.75 Å². The maximum Gasteiger partial charge on any atom is 0.123 e. The highest BCUT2D eigenvalue weighted by Crippen LogP contribution is 2.11. The van der Waals surface area contributed by atoms with Gasteiger partial charge in [-0.15, -0.1) is 0 Å². The van der Waals surface area contributed by atoms with E-state index in [-0.39, 0.29) is 5.82 Å². The van der Waals surface area contributed by atoms with Crippen molar-refractivity contribution >= 4 is 0 Å². The molecule has 2 aromatic carbocycles. The molecule has 0 saturated heterocycles. The molecule has 0 unspecified atom stereocenters. The summed E-state index contributed by atoms with van der Waals surface area (Å²) >= 11 is 0. The smallest absolute Gasteiger partial charge is 0.123 e. The number of nitrogens with zero attached hydrogens (tertiary/aromatic N) is 2. The Bertz CT molecular complexity index is 619. The Morgan fingerprint density at radius 3 is 2.67 bits per heavy atom. The van der Waals surface area contributed by atoms with Gasteiger partial charge in [-0.1, -0.05) is 12.1 Å². The van der Waals surface area contributed by atoms with Gasteiger partial charge in [-0.3, -0.25) is 4.90 Å². The Balaban J connectivity index is 1.78. The highest BCUT2D eigenvalue weighted by Gasteiger charge is 2.02. The van der Waals surface area contributed by atoms with E-state index < -0.39 is 0 Å². The van der Waals surface area contributed by atoms with Crippen LogP contribution in [0.25, 0.3) is 0 Å². The number of likely N-dealkylation sites (N-methyl/N-ethyl adjacent to an activating group) is 1. The van der Waals surface area contributed by atoms with Crippen molar-refractivity contribution in [3.63, 3.8) is 0 Å². The van der Waals surface area contributed by atoms with E-state index in [1.54, 1.807) is 18.2 Å². The highest BCUT2D eigenvalue weighted by atomic mass is 19.1. The van der Waals surface area contributed by atoms with Crippen LogP contribution in [-0.4, -0.2) is 25.1 Å². The van der Waals surface area contributed by atoms with E-state index in [1.165, 1.54) is 12.1 Å². The molecule has 0 radical (unpaired) electrons. The predicted octanol–water partition coefficient (Wildman–Crippen LogP) is 3.21. The first-order valence-corrected chi connectivity index (χ1v) is 6.73. The minimum atomic E-state index is -0.267. The van der Waals surface area contributed by atoms with E-state index >= 15 is 0 Å². The van der Waals surface area contributed by atoms with Gasteiger partial charge in [-0.05, 0) is 49.0 Å². The van der Waals surface area contributed by atoms with Crippen molar-refractivity contribution in [3.8, 4) is 11.8 Å². The zero-order valence-electron chi connectivity index (χ0n) is 11.9. The molecule has 0 fully saturated rings. The highest BCUT2D eigenvalue weighted by molar-refractivity contribution is 5.32. The summed E-state index contributed by atoms with van der Waals surface area (Å²) in [6.07, 6.45) is 0. The molecule has 0 N–H and O–H groups in total. The minimum Gasteiger partial charge on any atom is -0.492 e. The van der Waals surface area contributed by atoms with Gasteiger partial charge in [0.15, 0.2) is 0 Å². The lowest BCUT2D eigenvalue weighted by Crippen LogP contribution is -2.23. The van der Waals surface area contributed by atoms with E-state index in [9.17, 15) is 4.39 Å². The lowest BCUT2D eigenvalue weighted by Gasteiger charge is -2.17. The molecule has 0 aliphatic rings. The van der Waals surface area contributed by atoms with Crippen LogP contribution in [0.15, 0.2) is 48.5 Å². The lowest BCUT2D eigenvalue weighted by atomic mass is 10.1. The average molecular weight is 284 g/mol. The summed E-state index contributed by atoms with van der Waals surface area (Å²) in [6, 6.07) is 15.7. The van der Waals surface area contributed by atoms with E-state index in [0.717, 1.165) is 18.7 Å². The van der Waals surface area contributed by atoms with Crippen LogP contribution in [0.2, 0.25) is 0 Å². The third-order valence-corrected chi connectivity index (χ3v) is 3.06. The minimum absolute atomic E-state index is 0.267. The standard InChI is InChI=1S/C17H17FN2O/c1-20(13-15-4-2-3-14(11-15)12-19)9-10-21-17-7-5-16(18)6-8-17/h2-8,11H,9-10,13H2,1H3. The molecule has 0 amide bonds. The Morgan fingerprint density at radius 2 is 1.95 bits per heavy atom. The molecule has 0 aromatic heterocycles. The van der Waals surface area contributed by atoms with Gasteiger partial charge >= 0.3 is 0 Å². The van der Waals surface area contributed by atoms with Crippen molar-refractivity contribution in [2.75, 3.05) is 20.2 Å². The van der Waals surface area contributed by atoms with Crippen LogP contribution in [0.3, 0.4) is 0 Å². The van der Waals surface area contributed by atoms with Crippen LogP contribution >= 0.6 is 0 Å². The number of benzene rings is 2. The molecule has 0 aliphatic carbocycles. The SMILES string of the molecule is CN(CCOc1ccc(F)cc1)Cc1cccc(C#N)c1. The Kier molecular flexibility index (Phi) is 5.30. The molecule has 0 saturated carbocycles. The van der Waals surface area contributed by atoms with E-state index in [1.807, 2.05) is 25.2 Å². The zero-order valence-corrected chi connectivity index (χ0v) is 11.9. The van der Waals surface area contributed by atoms with Gasteiger partial charge in [0, 0.05) is 13.1 Å². The maximum absolute atomic E-state index is 12.8. The third kappa shape index (κ3) is 4.90. The number of rotatable bonds is 6. The fourth-order valence-corrected chi connectivity index (χ4v) is 1.98. The maximum atomic E-state index is 12.8. The second-order valence-corrected chi connectivity index (χ2v) is 4.85. The van der Waals surface area contributed by atoms with E-state index in [2.05, 4.69) is 11.0 Å². The molecule has 0 aliphatic heterocycles. The second kappa shape index (κ2) is 7.41. The largest absolute Gasteiger partial charge is 0.492 e. The first kappa shape index (κ1) is 15.0. The van der Waals surface area contributed by atoms with Gasteiger partial charge in [0.05, 0.1) is 11.6 Å². The number of nitriles is 1. The fraction of sp³-hybridized carbons (Fsp3) is 0.235. The van der Waals surface area contributed by atoms with Gasteiger partial charge < -0.3 is 4.74 Å². The fourth-order valence-electron chi connectivity index (χ4n) is 1.98. The molecule has 0 spiro atoms. The van der Waals surface area contributed by atoms with Gasteiger partial charge in [0.1, 0.15) is 18.2 Å². The van der Waals surface area contributed by atoms with Gasteiger partial charge in [-0.25, -0.2) is 4.39 Å². The van der Waals surface area contributed by atoms with Crippen molar-refractivity contribution < 1.29 is 9.13 Å². The number of ether oxygens (including phenoxy) is 1. The molecule has 0 bridgehead atoms. The summed E-state index contributed by atoms with van der Waals surface area (Å²) in [7, 11) is 1.99. The first-order chi connectivity index (χ1) is 10.2. The normalized spacial score (nSPS) is 10.4. The quantitative estimate of drug-likeness (QED) is 0.817. The van der Waals surface area contributed by atoms with E-state index in [4.69, 9.17) is 10.00 Å². The van der Waals surface area contributed by atoms with Gasteiger partial charge in [0.2, 0.25) is 0 Å². The number of halogens is 1. The van der Waals surface area contributed by atoms with Gasteiger partial charge in [-0.2, -0.15) is 5.26 Å². The van der Waals surface area contributed by atoms with Crippen molar-refractivity contribution in [3.05, 3.63) is 65.5 Å². The summed E-state index contributed by atoms with van der Waals surface area (Å²) in [5.74, 6) is 0.396. The monoisotopic (exact) mass is 284 g/mol. The molecule has 0 atom stereocenters. The molecule has 108 valence electrons. The Labute approximate surface area is 124 Å². The zero-order chi connectivity index (χ0) is 15.1. The number of hydrogen-bond donors (Lipinski definition) is 0. The van der Waals surface area contributed by atoms with Crippen molar-refractivity contribution in [1.29, 1.82) is 5.26 Å². The summed E-state index contributed by atoms with van der Waals surface area (Å²) in [5.41, 5.74) is 1.77. The molecule has 3 nitrogen and oxygen atoms in total. The summed E-state index contributed by atoms with van der Waals surface area (Å²) in [5, 5.41) is 8.87. The molecule has 2 aromatic rings. The molecule has 0 heterocycles. The van der Waals surface area contributed by atoms with Crippen LogP contribution in [-0.2, 0) is 6.54 Å².